The van der Waals surface area contributed by atoms with E-state index in [0.717, 1.165) is 43.1 Å². The lowest BCUT2D eigenvalue weighted by molar-refractivity contribution is -0.141. The number of hydrogen-bond acceptors (Lipinski definition) is 5. The Hall–Kier alpha value is -1.75. The van der Waals surface area contributed by atoms with Crippen molar-refractivity contribution in [3.05, 3.63) is 23.8 Å². The standard InChI is InChI=1S/C19H30N2O3/c1-5-14(11-19(22)23-4)15-6-7-17(16(20)10-15)21-8-9-24-12-18(21)13(2)3/h6-7,10,13-14,18H,5,8-9,11-12,20H2,1-4H3. The Labute approximate surface area is 145 Å². The Morgan fingerprint density at radius 3 is 2.79 bits per heavy atom. The summed E-state index contributed by atoms with van der Waals surface area (Å²) in [6, 6.07) is 6.53. The van der Waals surface area contributed by atoms with E-state index in [-0.39, 0.29) is 11.9 Å². The van der Waals surface area contributed by atoms with E-state index in [1.54, 1.807) is 0 Å². The molecule has 2 N–H and O–H groups in total. The summed E-state index contributed by atoms with van der Waals surface area (Å²) < 4.78 is 10.4. The highest BCUT2D eigenvalue weighted by molar-refractivity contribution is 5.72. The molecule has 134 valence electrons. The van der Waals surface area contributed by atoms with Gasteiger partial charge in [0.15, 0.2) is 0 Å². The van der Waals surface area contributed by atoms with Crippen molar-refractivity contribution in [3.63, 3.8) is 0 Å². The molecule has 24 heavy (non-hydrogen) atoms. The van der Waals surface area contributed by atoms with Crippen LogP contribution >= 0.6 is 0 Å². The second kappa shape index (κ2) is 8.38. The smallest absolute Gasteiger partial charge is 0.306 e. The molecule has 0 spiro atoms. The molecule has 0 aliphatic carbocycles. The van der Waals surface area contributed by atoms with Crippen LogP contribution in [0, 0.1) is 5.92 Å². The largest absolute Gasteiger partial charge is 0.469 e. The summed E-state index contributed by atoms with van der Waals surface area (Å²) in [7, 11) is 1.43. The first-order valence-corrected chi connectivity index (χ1v) is 8.78. The van der Waals surface area contributed by atoms with Crippen molar-refractivity contribution < 1.29 is 14.3 Å². The third-order valence-corrected chi connectivity index (χ3v) is 4.90. The molecule has 1 aromatic rings. The highest BCUT2D eigenvalue weighted by Crippen LogP contribution is 2.33. The molecular formula is C19H30N2O3. The lowest BCUT2D eigenvalue weighted by atomic mass is 9.92. The topological polar surface area (TPSA) is 64.8 Å². The van der Waals surface area contributed by atoms with Gasteiger partial charge in [0.2, 0.25) is 0 Å². The van der Waals surface area contributed by atoms with Crippen molar-refractivity contribution >= 4 is 17.3 Å². The Bertz CT molecular complexity index is 560. The van der Waals surface area contributed by atoms with E-state index in [9.17, 15) is 4.79 Å². The first-order chi connectivity index (χ1) is 11.5. The number of hydrogen-bond donors (Lipinski definition) is 1. The molecule has 1 aliphatic rings. The van der Waals surface area contributed by atoms with E-state index in [1.165, 1.54) is 7.11 Å². The van der Waals surface area contributed by atoms with Gasteiger partial charge in [-0.3, -0.25) is 4.79 Å². The fourth-order valence-corrected chi connectivity index (χ4v) is 3.35. The van der Waals surface area contributed by atoms with Crippen LogP contribution in [0.1, 0.15) is 45.1 Å². The zero-order chi connectivity index (χ0) is 17.7. The third-order valence-electron chi connectivity index (χ3n) is 4.90. The number of nitrogens with zero attached hydrogens (tertiary/aromatic N) is 1. The first-order valence-electron chi connectivity index (χ1n) is 8.78. The van der Waals surface area contributed by atoms with Crippen molar-refractivity contribution in [3.8, 4) is 0 Å². The second-order valence-corrected chi connectivity index (χ2v) is 6.78. The molecule has 2 atom stereocenters. The van der Waals surface area contributed by atoms with Crippen molar-refractivity contribution in [2.45, 2.75) is 45.6 Å². The monoisotopic (exact) mass is 334 g/mol. The summed E-state index contributed by atoms with van der Waals surface area (Å²) in [4.78, 5) is 14.0. The van der Waals surface area contributed by atoms with Gasteiger partial charge in [-0.2, -0.15) is 0 Å². The van der Waals surface area contributed by atoms with Gasteiger partial charge in [-0.15, -0.1) is 0 Å². The molecule has 2 rings (SSSR count). The molecule has 1 fully saturated rings. The summed E-state index contributed by atoms with van der Waals surface area (Å²) in [5.74, 6) is 0.448. The Balaban J connectivity index is 2.23. The zero-order valence-electron chi connectivity index (χ0n) is 15.2. The third kappa shape index (κ3) is 4.20. The Morgan fingerprint density at radius 2 is 2.21 bits per heavy atom. The maximum atomic E-state index is 11.6. The average molecular weight is 334 g/mol. The highest BCUT2D eigenvalue weighted by atomic mass is 16.5. The van der Waals surface area contributed by atoms with Crippen LogP contribution in [0.15, 0.2) is 18.2 Å². The quantitative estimate of drug-likeness (QED) is 0.639. The molecule has 1 saturated heterocycles. The lowest BCUT2D eigenvalue weighted by Gasteiger charge is -2.40. The fraction of sp³-hybridized carbons (Fsp3) is 0.632. The minimum atomic E-state index is -0.183. The molecule has 2 unspecified atom stereocenters. The molecule has 0 radical (unpaired) electrons. The Morgan fingerprint density at radius 1 is 1.46 bits per heavy atom. The van der Waals surface area contributed by atoms with E-state index in [1.807, 2.05) is 6.07 Å². The van der Waals surface area contributed by atoms with E-state index in [0.29, 0.717) is 18.4 Å². The van der Waals surface area contributed by atoms with Gasteiger partial charge < -0.3 is 20.1 Å². The lowest BCUT2D eigenvalue weighted by Crippen LogP contribution is -2.48. The normalized spacial score (nSPS) is 19.4. The van der Waals surface area contributed by atoms with Gasteiger partial charge in [-0.05, 0) is 36.0 Å². The summed E-state index contributed by atoms with van der Waals surface area (Å²) >= 11 is 0. The van der Waals surface area contributed by atoms with Gasteiger partial charge in [0, 0.05) is 6.54 Å². The number of methoxy groups -OCH3 is 1. The van der Waals surface area contributed by atoms with Crippen LogP contribution in [-0.4, -0.2) is 38.9 Å². The van der Waals surface area contributed by atoms with Gasteiger partial charge in [0.25, 0.3) is 0 Å². The van der Waals surface area contributed by atoms with Crippen LogP contribution in [0.2, 0.25) is 0 Å². The van der Waals surface area contributed by atoms with Crippen molar-refractivity contribution in [2.24, 2.45) is 5.92 Å². The van der Waals surface area contributed by atoms with Crippen molar-refractivity contribution in [1.82, 2.24) is 0 Å². The van der Waals surface area contributed by atoms with Crippen LogP contribution in [0.4, 0.5) is 11.4 Å². The molecule has 0 aromatic heterocycles. The van der Waals surface area contributed by atoms with Gasteiger partial charge >= 0.3 is 5.97 Å². The first kappa shape index (κ1) is 18.6. The molecule has 5 nitrogen and oxygen atoms in total. The molecule has 1 aromatic carbocycles. The maximum Gasteiger partial charge on any atom is 0.306 e. The number of carbonyl (C=O) groups excluding carboxylic acids is 1. The van der Waals surface area contributed by atoms with Crippen LogP contribution < -0.4 is 10.6 Å². The molecule has 0 saturated carbocycles. The van der Waals surface area contributed by atoms with Crippen LogP contribution in [0.5, 0.6) is 0 Å². The fourth-order valence-electron chi connectivity index (χ4n) is 3.35. The van der Waals surface area contributed by atoms with Crippen LogP contribution in [0.25, 0.3) is 0 Å². The molecule has 1 aliphatic heterocycles. The number of morpholine rings is 1. The van der Waals surface area contributed by atoms with Crippen LogP contribution in [-0.2, 0) is 14.3 Å². The molecule has 1 heterocycles. The van der Waals surface area contributed by atoms with Gasteiger partial charge in [0.05, 0.1) is 44.2 Å². The Kier molecular flexibility index (Phi) is 6.49. The number of rotatable bonds is 6. The molecule has 5 heteroatoms. The minimum Gasteiger partial charge on any atom is -0.469 e. The number of nitrogens with two attached hydrogens (primary N) is 1. The van der Waals surface area contributed by atoms with Crippen LogP contribution in [0.3, 0.4) is 0 Å². The summed E-state index contributed by atoms with van der Waals surface area (Å²) in [6.07, 6.45) is 1.26. The maximum absolute atomic E-state index is 11.6. The average Bonchev–Trinajstić information content (AvgIpc) is 2.59. The van der Waals surface area contributed by atoms with Gasteiger partial charge in [0.1, 0.15) is 0 Å². The van der Waals surface area contributed by atoms with Gasteiger partial charge in [-0.25, -0.2) is 0 Å². The highest BCUT2D eigenvalue weighted by Gasteiger charge is 2.27. The van der Waals surface area contributed by atoms with E-state index in [4.69, 9.17) is 15.2 Å². The number of esters is 1. The number of benzene rings is 1. The molecular weight excluding hydrogens is 304 g/mol. The molecule has 0 amide bonds. The second-order valence-electron chi connectivity index (χ2n) is 6.78. The van der Waals surface area contributed by atoms with E-state index < -0.39 is 0 Å². The van der Waals surface area contributed by atoms with E-state index in [2.05, 4.69) is 37.8 Å². The number of nitrogen functional groups attached to an aromatic ring is 1. The predicted molar refractivity (Wildman–Crippen MR) is 97.3 cm³/mol. The van der Waals surface area contributed by atoms with E-state index >= 15 is 0 Å². The number of ether oxygens (including phenoxy) is 2. The predicted octanol–water partition coefficient (Wildman–Crippen LogP) is 3.19. The summed E-state index contributed by atoms with van der Waals surface area (Å²) in [5, 5.41) is 0. The molecule has 0 bridgehead atoms. The summed E-state index contributed by atoms with van der Waals surface area (Å²) in [6.45, 7) is 8.81. The summed E-state index contributed by atoms with van der Waals surface area (Å²) in [5.41, 5.74) is 9.30. The number of carbonyl (C=O) groups is 1. The van der Waals surface area contributed by atoms with Crippen molar-refractivity contribution in [1.29, 1.82) is 0 Å². The minimum absolute atomic E-state index is 0.138. The van der Waals surface area contributed by atoms with Crippen molar-refractivity contribution in [2.75, 3.05) is 37.5 Å². The number of anilines is 2. The van der Waals surface area contributed by atoms with Gasteiger partial charge in [-0.1, -0.05) is 26.8 Å². The zero-order valence-corrected chi connectivity index (χ0v) is 15.2. The SMILES string of the molecule is CCC(CC(=O)OC)c1ccc(N2CCOCC2C(C)C)c(N)c1.